The lowest BCUT2D eigenvalue weighted by atomic mass is 10.2. The number of ether oxygens (including phenoxy) is 1. The van der Waals surface area contributed by atoms with E-state index >= 15 is 0 Å². The quantitative estimate of drug-likeness (QED) is 0.566. The van der Waals surface area contributed by atoms with E-state index in [1.165, 1.54) is 36.6 Å². The fraction of sp³-hybridized carbons (Fsp3) is 0.200. The molecule has 0 saturated heterocycles. The highest BCUT2D eigenvalue weighted by Crippen LogP contribution is 2.32. The molecule has 1 heterocycles. The summed E-state index contributed by atoms with van der Waals surface area (Å²) in [5.41, 5.74) is 0.748. The van der Waals surface area contributed by atoms with E-state index in [-0.39, 0.29) is 22.1 Å². The average molecular weight is 452 g/mol. The van der Waals surface area contributed by atoms with E-state index in [0.717, 1.165) is 5.56 Å². The van der Waals surface area contributed by atoms with Gasteiger partial charge in [0, 0.05) is 11.4 Å². The van der Waals surface area contributed by atoms with Gasteiger partial charge in [-0.15, -0.1) is 11.3 Å². The zero-order valence-electron chi connectivity index (χ0n) is 15.9. The molecule has 0 spiro atoms. The number of rotatable bonds is 8. The van der Waals surface area contributed by atoms with Crippen LogP contribution in [0.5, 0.6) is 5.75 Å². The van der Waals surface area contributed by atoms with Gasteiger partial charge in [-0.2, -0.15) is 0 Å². The molecule has 3 aromatic rings. The first-order valence-corrected chi connectivity index (χ1v) is 12.6. The molecule has 0 aliphatic heterocycles. The van der Waals surface area contributed by atoms with Gasteiger partial charge in [-0.3, -0.25) is 0 Å². The zero-order chi connectivity index (χ0) is 21.1. The minimum absolute atomic E-state index is 0.0259. The van der Waals surface area contributed by atoms with Crippen LogP contribution < -0.4 is 9.46 Å². The monoisotopic (exact) mass is 451 g/mol. The Morgan fingerprint density at radius 3 is 2.34 bits per heavy atom. The van der Waals surface area contributed by atoms with Crippen molar-refractivity contribution < 1.29 is 21.6 Å². The van der Waals surface area contributed by atoms with Crippen LogP contribution in [0.4, 0.5) is 0 Å². The maximum absolute atomic E-state index is 13.2. The summed E-state index contributed by atoms with van der Waals surface area (Å²) in [6.07, 6.45) is 0. The Hall–Kier alpha value is -2.20. The predicted molar refractivity (Wildman–Crippen MR) is 114 cm³/mol. The molecule has 0 amide bonds. The molecule has 154 valence electrons. The molecule has 0 radical (unpaired) electrons. The molecular weight excluding hydrogens is 430 g/mol. The fourth-order valence-corrected chi connectivity index (χ4v) is 7.08. The van der Waals surface area contributed by atoms with Gasteiger partial charge in [0.1, 0.15) is 15.9 Å². The summed E-state index contributed by atoms with van der Waals surface area (Å²) in [7, 11) is -6.40. The normalized spacial score (nSPS) is 13.2. The summed E-state index contributed by atoms with van der Waals surface area (Å²) >= 11 is 1.27. The van der Waals surface area contributed by atoms with Crippen molar-refractivity contribution >= 4 is 31.2 Å². The zero-order valence-corrected chi connectivity index (χ0v) is 18.4. The van der Waals surface area contributed by atoms with Crippen molar-refractivity contribution in [2.24, 2.45) is 0 Å². The molecule has 1 atom stereocenters. The smallest absolute Gasteiger partial charge is 0.244 e. The highest BCUT2D eigenvalue weighted by atomic mass is 32.2. The molecule has 29 heavy (non-hydrogen) atoms. The molecule has 1 N–H and O–H groups in total. The van der Waals surface area contributed by atoms with Crippen LogP contribution in [0.2, 0.25) is 0 Å². The molecule has 0 saturated carbocycles. The first-order valence-electron chi connectivity index (χ1n) is 8.72. The lowest BCUT2D eigenvalue weighted by Crippen LogP contribution is -2.32. The van der Waals surface area contributed by atoms with E-state index in [1.807, 2.05) is 0 Å². The van der Waals surface area contributed by atoms with Crippen molar-refractivity contribution in [3.05, 3.63) is 76.5 Å². The predicted octanol–water partition coefficient (Wildman–Crippen LogP) is 3.56. The van der Waals surface area contributed by atoms with Gasteiger partial charge in [0.25, 0.3) is 0 Å². The van der Waals surface area contributed by atoms with Gasteiger partial charge in [-0.05, 0) is 48.2 Å². The number of thiophene rings is 1. The Labute approximate surface area is 175 Å². The van der Waals surface area contributed by atoms with Crippen molar-refractivity contribution in [2.45, 2.75) is 22.0 Å². The van der Waals surface area contributed by atoms with Crippen LogP contribution in [0.25, 0.3) is 0 Å². The molecular formula is C20H21NO5S3. The van der Waals surface area contributed by atoms with Crippen LogP contribution in [0.3, 0.4) is 0 Å². The number of sulfone groups is 1. The Kier molecular flexibility index (Phi) is 6.42. The van der Waals surface area contributed by atoms with E-state index in [1.54, 1.807) is 54.8 Å². The molecule has 1 aromatic heterocycles. The van der Waals surface area contributed by atoms with E-state index in [2.05, 4.69) is 4.72 Å². The lowest BCUT2D eigenvalue weighted by molar-refractivity contribution is 0.402. The number of methoxy groups -OCH3 is 1. The highest BCUT2D eigenvalue weighted by molar-refractivity contribution is 7.92. The number of hydrogen-bond donors (Lipinski definition) is 1. The van der Waals surface area contributed by atoms with Crippen LogP contribution in [-0.2, 0) is 19.9 Å². The summed E-state index contributed by atoms with van der Waals surface area (Å²) in [4.78, 5) is 0.681. The number of sulfonamides is 1. The maximum Gasteiger partial charge on any atom is 0.244 e. The summed E-state index contributed by atoms with van der Waals surface area (Å²) in [5.74, 6) is 0.196. The summed E-state index contributed by atoms with van der Waals surface area (Å²) in [6.45, 7) is 1.48. The molecule has 0 aliphatic rings. The number of aryl methyl sites for hydroxylation is 1. The largest absolute Gasteiger partial charge is 0.495 e. The molecule has 3 rings (SSSR count). The van der Waals surface area contributed by atoms with Gasteiger partial charge in [0.2, 0.25) is 10.0 Å². The van der Waals surface area contributed by atoms with Crippen LogP contribution in [0.1, 0.15) is 15.7 Å². The van der Waals surface area contributed by atoms with Crippen LogP contribution in [0, 0.1) is 6.92 Å². The minimum Gasteiger partial charge on any atom is -0.495 e. The van der Waals surface area contributed by atoms with Gasteiger partial charge in [0.15, 0.2) is 9.84 Å². The molecule has 9 heteroatoms. The third-order valence-electron chi connectivity index (χ3n) is 4.37. The van der Waals surface area contributed by atoms with Gasteiger partial charge < -0.3 is 4.74 Å². The lowest BCUT2D eigenvalue weighted by Gasteiger charge is -2.18. The molecule has 0 bridgehead atoms. The fourth-order valence-electron chi connectivity index (χ4n) is 2.87. The van der Waals surface area contributed by atoms with Crippen molar-refractivity contribution in [3.63, 3.8) is 0 Å². The number of benzene rings is 2. The van der Waals surface area contributed by atoms with Gasteiger partial charge in [0.05, 0.1) is 12.0 Å². The standard InChI is InChI=1S/C20H21NO5S3/c1-15-10-11-17(26-2)19(13-15)29(24,25)21-14-20(18-9-6-12-27-18)28(22,23)16-7-4-3-5-8-16/h3-13,20-21H,14H2,1-2H3/t20-/m1/s1. The van der Waals surface area contributed by atoms with Gasteiger partial charge >= 0.3 is 0 Å². The Bertz CT molecular complexity index is 1170. The minimum atomic E-state index is -3.99. The molecule has 0 unspecified atom stereocenters. The summed E-state index contributed by atoms with van der Waals surface area (Å²) in [6, 6.07) is 16.3. The first kappa shape index (κ1) is 21.5. The Morgan fingerprint density at radius 1 is 1.00 bits per heavy atom. The van der Waals surface area contributed by atoms with E-state index < -0.39 is 25.1 Å². The molecule has 0 aliphatic carbocycles. The molecule has 6 nitrogen and oxygen atoms in total. The van der Waals surface area contributed by atoms with Crippen LogP contribution in [0.15, 0.2) is 75.8 Å². The van der Waals surface area contributed by atoms with E-state index in [4.69, 9.17) is 4.74 Å². The van der Waals surface area contributed by atoms with E-state index in [0.29, 0.717) is 4.88 Å². The van der Waals surface area contributed by atoms with Crippen molar-refractivity contribution in [1.82, 2.24) is 4.72 Å². The maximum atomic E-state index is 13.2. The third-order valence-corrected chi connectivity index (χ3v) is 9.05. The average Bonchev–Trinajstić information content (AvgIpc) is 3.23. The molecule has 0 fully saturated rings. The second kappa shape index (κ2) is 8.66. The van der Waals surface area contributed by atoms with Gasteiger partial charge in [-0.1, -0.05) is 30.3 Å². The van der Waals surface area contributed by atoms with Crippen molar-refractivity contribution in [3.8, 4) is 5.75 Å². The SMILES string of the molecule is COc1ccc(C)cc1S(=O)(=O)NC[C@H](c1cccs1)S(=O)(=O)c1ccccc1. The Morgan fingerprint density at radius 2 is 1.72 bits per heavy atom. The Balaban J connectivity index is 1.96. The van der Waals surface area contributed by atoms with Crippen LogP contribution >= 0.6 is 11.3 Å². The number of nitrogens with one attached hydrogen (secondary N) is 1. The van der Waals surface area contributed by atoms with Crippen LogP contribution in [-0.4, -0.2) is 30.5 Å². The summed E-state index contributed by atoms with van der Waals surface area (Å²) < 4.78 is 59.9. The topological polar surface area (TPSA) is 89.5 Å². The van der Waals surface area contributed by atoms with E-state index in [9.17, 15) is 16.8 Å². The van der Waals surface area contributed by atoms with Crippen molar-refractivity contribution in [1.29, 1.82) is 0 Å². The third kappa shape index (κ3) is 4.69. The molecule has 2 aromatic carbocycles. The summed E-state index contributed by atoms with van der Waals surface area (Å²) in [5, 5.41) is 0.719. The second-order valence-corrected chi connectivity index (χ2v) is 11.2. The first-order chi connectivity index (χ1) is 13.8. The highest BCUT2D eigenvalue weighted by Gasteiger charge is 2.32. The second-order valence-electron chi connectivity index (χ2n) is 6.37. The van der Waals surface area contributed by atoms with Gasteiger partial charge in [-0.25, -0.2) is 21.6 Å². The number of hydrogen-bond acceptors (Lipinski definition) is 6. The van der Waals surface area contributed by atoms with Crippen molar-refractivity contribution in [2.75, 3.05) is 13.7 Å².